The molecule has 19 heavy (non-hydrogen) atoms. The minimum absolute atomic E-state index is 0.315. The van der Waals surface area contributed by atoms with Gasteiger partial charge in [0.05, 0.1) is 5.92 Å². The molecule has 3 rings (SSSR count). The van der Waals surface area contributed by atoms with E-state index in [1.54, 1.807) is 7.11 Å². The van der Waals surface area contributed by atoms with Gasteiger partial charge in [0.25, 0.3) is 0 Å². The van der Waals surface area contributed by atoms with E-state index in [0.717, 1.165) is 31.8 Å². The standard InChI is InChI=1S/C13H21N3O3/c1-9-7-14-8-10(9)11-15-12(16-19-11)13(17-2)3-5-18-6-4-13/h9-10,14H,3-8H2,1-2H3. The van der Waals surface area contributed by atoms with Crippen LogP contribution >= 0.6 is 0 Å². The molecule has 2 saturated heterocycles. The first-order valence-electron chi connectivity index (χ1n) is 6.93. The van der Waals surface area contributed by atoms with Crippen LogP contribution in [0.2, 0.25) is 0 Å². The van der Waals surface area contributed by atoms with Crippen LogP contribution in [-0.2, 0) is 15.1 Å². The molecule has 106 valence electrons. The fourth-order valence-corrected chi connectivity index (χ4v) is 2.93. The van der Waals surface area contributed by atoms with E-state index in [0.29, 0.717) is 30.9 Å². The van der Waals surface area contributed by atoms with Crippen LogP contribution < -0.4 is 5.32 Å². The van der Waals surface area contributed by atoms with Crippen LogP contribution in [0.15, 0.2) is 4.52 Å². The number of aromatic nitrogens is 2. The Morgan fingerprint density at radius 2 is 2.11 bits per heavy atom. The normalized spacial score (nSPS) is 30.6. The topological polar surface area (TPSA) is 69.4 Å². The van der Waals surface area contributed by atoms with Gasteiger partial charge in [-0.15, -0.1) is 0 Å². The molecule has 1 N–H and O–H groups in total. The van der Waals surface area contributed by atoms with E-state index in [1.807, 2.05) is 0 Å². The zero-order valence-corrected chi connectivity index (χ0v) is 11.5. The maximum absolute atomic E-state index is 5.69. The predicted octanol–water partition coefficient (Wildman–Crippen LogP) is 1.04. The number of methoxy groups -OCH3 is 1. The lowest BCUT2D eigenvalue weighted by Gasteiger charge is -2.32. The average Bonchev–Trinajstić information content (AvgIpc) is 3.08. The maximum Gasteiger partial charge on any atom is 0.231 e. The van der Waals surface area contributed by atoms with Gasteiger partial charge in [-0.1, -0.05) is 12.1 Å². The van der Waals surface area contributed by atoms with Gasteiger partial charge in [0, 0.05) is 39.7 Å². The lowest BCUT2D eigenvalue weighted by Crippen LogP contribution is -2.36. The second kappa shape index (κ2) is 5.19. The van der Waals surface area contributed by atoms with Gasteiger partial charge in [-0.3, -0.25) is 0 Å². The molecule has 3 heterocycles. The smallest absolute Gasteiger partial charge is 0.231 e. The molecule has 6 nitrogen and oxygen atoms in total. The Balaban J connectivity index is 1.83. The van der Waals surface area contributed by atoms with Crippen LogP contribution in [0.3, 0.4) is 0 Å². The van der Waals surface area contributed by atoms with E-state index in [1.165, 1.54) is 0 Å². The number of rotatable bonds is 3. The third-order valence-corrected chi connectivity index (χ3v) is 4.38. The fraction of sp³-hybridized carbons (Fsp3) is 0.846. The number of nitrogens with one attached hydrogen (secondary N) is 1. The molecule has 2 fully saturated rings. The van der Waals surface area contributed by atoms with Crippen LogP contribution in [0.1, 0.15) is 37.4 Å². The van der Waals surface area contributed by atoms with Crippen LogP contribution in [0.25, 0.3) is 0 Å². The molecule has 2 aliphatic rings. The van der Waals surface area contributed by atoms with E-state index in [2.05, 4.69) is 22.4 Å². The highest BCUT2D eigenvalue weighted by molar-refractivity contribution is 5.07. The van der Waals surface area contributed by atoms with Crippen LogP contribution in [-0.4, -0.2) is 43.6 Å². The summed E-state index contributed by atoms with van der Waals surface area (Å²) in [5, 5.41) is 7.52. The van der Waals surface area contributed by atoms with Gasteiger partial charge in [-0.05, 0) is 12.5 Å². The molecular weight excluding hydrogens is 246 g/mol. The van der Waals surface area contributed by atoms with Gasteiger partial charge < -0.3 is 19.3 Å². The van der Waals surface area contributed by atoms with Gasteiger partial charge in [0.15, 0.2) is 0 Å². The molecular formula is C13H21N3O3. The summed E-state index contributed by atoms with van der Waals surface area (Å²) in [7, 11) is 1.71. The van der Waals surface area contributed by atoms with E-state index in [4.69, 9.17) is 14.0 Å². The molecule has 2 atom stereocenters. The number of nitrogens with zero attached hydrogens (tertiary/aromatic N) is 2. The minimum Gasteiger partial charge on any atom is -0.381 e. The van der Waals surface area contributed by atoms with Crippen molar-refractivity contribution in [1.29, 1.82) is 0 Å². The van der Waals surface area contributed by atoms with Gasteiger partial charge >= 0.3 is 0 Å². The number of hydrogen-bond donors (Lipinski definition) is 1. The highest BCUT2D eigenvalue weighted by Gasteiger charge is 2.40. The quantitative estimate of drug-likeness (QED) is 0.882. The zero-order valence-electron chi connectivity index (χ0n) is 11.5. The number of ether oxygens (including phenoxy) is 2. The molecule has 1 aromatic rings. The zero-order chi connectivity index (χ0) is 13.3. The van der Waals surface area contributed by atoms with E-state index >= 15 is 0 Å². The summed E-state index contributed by atoms with van der Waals surface area (Å²) >= 11 is 0. The fourth-order valence-electron chi connectivity index (χ4n) is 2.93. The van der Waals surface area contributed by atoms with Crippen LogP contribution in [0, 0.1) is 5.92 Å². The molecule has 6 heteroatoms. The Morgan fingerprint density at radius 1 is 1.32 bits per heavy atom. The molecule has 1 aromatic heterocycles. The van der Waals surface area contributed by atoms with Crippen molar-refractivity contribution in [3.05, 3.63) is 11.7 Å². The largest absolute Gasteiger partial charge is 0.381 e. The first kappa shape index (κ1) is 13.0. The summed E-state index contributed by atoms with van der Waals surface area (Å²) in [5.41, 5.74) is -0.435. The van der Waals surface area contributed by atoms with Crippen LogP contribution in [0.4, 0.5) is 0 Å². The third kappa shape index (κ3) is 2.28. The maximum atomic E-state index is 5.69. The Bertz CT molecular complexity index is 429. The van der Waals surface area contributed by atoms with Crippen molar-refractivity contribution >= 4 is 0 Å². The van der Waals surface area contributed by atoms with Gasteiger partial charge in [-0.2, -0.15) is 4.98 Å². The molecule has 2 unspecified atom stereocenters. The average molecular weight is 267 g/mol. The Kier molecular flexibility index (Phi) is 3.56. The lowest BCUT2D eigenvalue weighted by atomic mass is 9.93. The van der Waals surface area contributed by atoms with Gasteiger partial charge in [0.1, 0.15) is 5.60 Å². The van der Waals surface area contributed by atoms with Crippen molar-refractivity contribution in [2.24, 2.45) is 5.92 Å². The predicted molar refractivity (Wildman–Crippen MR) is 67.8 cm³/mol. The SMILES string of the molecule is COC1(c2noc(C3CNCC3C)n2)CCOCC1. The van der Waals surface area contributed by atoms with Crippen LogP contribution in [0.5, 0.6) is 0 Å². The summed E-state index contributed by atoms with van der Waals surface area (Å²) in [5.74, 6) is 2.25. The van der Waals surface area contributed by atoms with Crippen molar-refractivity contribution in [2.75, 3.05) is 33.4 Å². The molecule has 2 aliphatic heterocycles. The van der Waals surface area contributed by atoms with E-state index in [9.17, 15) is 0 Å². The third-order valence-electron chi connectivity index (χ3n) is 4.38. The molecule has 0 spiro atoms. The first-order chi connectivity index (χ1) is 9.25. The summed E-state index contributed by atoms with van der Waals surface area (Å²) in [6, 6.07) is 0. The highest BCUT2D eigenvalue weighted by atomic mass is 16.5. The first-order valence-corrected chi connectivity index (χ1v) is 6.93. The molecule has 0 bridgehead atoms. The molecule has 0 saturated carbocycles. The van der Waals surface area contributed by atoms with Gasteiger partial charge in [-0.25, -0.2) is 0 Å². The van der Waals surface area contributed by atoms with Crippen molar-refractivity contribution in [2.45, 2.75) is 31.3 Å². The Hall–Kier alpha value is -0.980. The monoisotopic (exact) mass is 267 g/mol. The summed E-state index contributed by atoms with van der Waals surface area (Å²) in [6.07, 6.45) is 1.56. The van der Waals surface area contributed by atoms with E-state index in [-0.39, 0.29) is 0 Å². The van der Waals surface area contributed by atoms with Crippen molar-refractivity contribution in [3.63, 3.8) is 0 Å². The second-order valence-electron chi connectivity index (χ2n) is 5.51. The lowest BCUT2D eigenvalue weighted by molar-refractivity contribution is -0.101. The molecule has 0 aromatic carbocycles. The molecule has 0 aliphatic carbocycles. The Morgan fingerprint density at radius 3 is 2.74 bits per heavy atom. The summed E-state index contributed by atoms with van der Waals surface area (Å²) < 4.78 is 16.6. The molecule has 0 amide bonds. The number of hydrogen-bond acceptors (Lipinski definition) is 6. The van der Waals surface area contributed by atoms with Crippen molar-refractivity contribution in [3.8, 4) is 0 Å². The van der Waals surface area contributed by atoms with E-state index < -0.39 is 5.60 Å². The minimum atomic E-state index is -0.435. The van der Waals surface area contributed by atoms with Crippen molar-refractivity contribution in [1.82, 2.24) is 15.5 Å². The summed E-state index contributed by atoms with van der Waals surface area (Å²) in [6.45, 7) is 5.48. The van der Waals surface area contributed by atoms with Crippen molar-refractivity contribution < 1.29 is 14.0 Å². The highest BCUT2D eigenvalue weighted by Crippen LogP contribution is 2.35. The second-order valence-corrected chi connectivity index (χ2v) is 5.51. The molecule has 0 radical (unpaired) electrons. The summed E-state index contributed by atoms with van der Waals surface area (Å²) in [4.78, 5) is 4.61. The Labute approximate surface area is 112 Å². The van der Waals surface area contributed by atoms with Gasteiger partial charge in [0.2, 0.25) is 11.7 Å².